The van der Waals surface area contributed by atoms with E-state index in [2.05, 4.69) is 0 Å². The quantitative estimate of drug-likeness (QED) is 0.734. The van der Waals surface area contributed by atoms with Crippen molar-refractivity contribution in [3.05, 3.63) is 48.5 Å². The molecule has 2 aromatic carbocycles. The molecule has 2 rings (SSSR count). The third kappa shape index (κ3) is 2.02. The summed E-state index contributed by atoms with van der Waals surface area (Å²) in [6.45, 7) is 0. The number of anilines is 1. The van der Waals surface area contributed by atoms with Gasteiger partial charge in [-0.05, 0) is 24.3 Å². The van der Waals surface area contributed by atoms with Gasteiger partial charge in [-0.3, -0.25) is 0 Å². The Labute approximate surface area is 87.7 Å². The Kier molecular flexibility index (Phi) is 2.46. The van der Waals surface area contributed by atoms with Crippen molar-refractivity contribution in [3.63, 3.8) is 0 Å². The molecular weight excluding hydrogens is 190 g/mol. The van der Waals surface area contributed by atoms with Gasteiger partial charge in [-0.15, -0.1) is 0 Å². The van der Waals surface area contributed by atoms with Gasteiger partial charge in [-0.25, -0.2) is 0 Å². The van der Waals surface area contributed by atoms with Crippen LogP contribution in [0.15, 0.2) is 48.5 Å². The predicted octanol–water partition coefficient (Wildman–Crippen LogP) is 2.77. The van der Waals surface area contributed by atoms with Crippen LogP contribution in [0.25, 0.3) is 0 Å². The second-order valence-electron chi connectivity index (χ2n) is 3.11. The highest BCUT2D eigenvalue weighted by Gasteiger charge is 2.04. The predicted molar refractivity (Wildman–Crippen MR) is 59.0 cm³/mol. The zero-order valence-electron chi connectivity index (χ0n) is 8.05. The Morgan fingerprint density at radius 3 is 2.13 bits per heavy atom. The molecule has 2 aromatic rings. The smallest absolute Gasteiger partial charge is 0.169 e. The molecule has 3 nitrogen and oxygen atoms in total. The fourth-order valence-electron chi connectivity index (χ4n) is 1.24. The SMILES string of the molecule is Nc1ccccc1Oc1ccccc1O. The van der Waals surface area contributed by atoms with E-state index in [4.69, 9.17) is 10.5 Å². The molecule has 0 aliphatic carbocycles. The number of phenols is 1. The van der Waals surface area contributed by atoms with E-state index in [0.717, 1.165) is 0 Å². The van der Waals surface area contributed by atoms with Crippen LogP contribution in [0.4, 0.5) is 5.69 Å². The van der Waals surface area contributed by atoms with Crippen LogP contribution in [-0.4, -0.2) is 5.11 Å². The van der Waals surface area contributed by atoms with Gasteiger partial charge in [0.25, 0.3) is 0 Å². The summed E-state index contributed by atoms with van der Waals surface area (Å²) in [5, 5.41) is 9.50. The molecular formula is C12H11NO2. The van der Waals surface area contributed by atoms with E-state index in [-0.39, 0.29) is 5.75 Å². The van der Waals surface area contributed by atoms with Gasteiger partial charge in [0, 0.05) is 0 Å². The standard InChI is InChI=1S/C12H11NO2/c13-9-5-1-3-7-11(9)15-12-8-4-2-6-10(12)14/h1-8,14H,13H2. The topological polar surface area (TPSA) is 55.5 Å². The van der Waals surface area contributed by atoms with Crippen LogP contribution in [0.5, 0.6) is 17.2 Å². The van der Waals surface area contributed by atoms with Crippen LogP contribution in [0.3, 0.4) is 0 Å². The second-order valence-corrected chi connectivity index (χ2v) is 3.11. The van der Waals surface area contributed by atoms with Gasteiger partial charge < -0.3 is 15.6 Å². The zero-order chi connectivity index (χ0) is 10.7. The molecule has 0 amide bonds. The number of hydrogen-bond donors (Lipinski definition) is 2. The van der Waals surface area contributed by atoms with Gasteiger partial charge in [0.05, 0.1) is 5.69 Å². The van der Waals surface area contributed by atoms with Gasteiger partial charge in [-0.2, -0.15) is 0 Å². The molecule has 0 saturated heterocycles. The van der Waals surface area contributed by atoms with Crippen LogP contribution in [0.2, 0.25) is 0 Å². The molecule has 0 unspecified atom stereocenters. The first-order chi connectivity index (χ1) is 7.27. The Balaban J connectivity index is 2.30. The van der Waals surface area contributed by atoms with Crippen molar-refractivity contribution in [2.75, 3.05) is 5.73 Å². The average molecular weight is 201 g/mol. The highest BCUT2D eigenvalue weighted by Crippen LogP contribution is 2.32. The molecule has 3 N–H and O–H groups in total. The largest absolute Gasteiger partial charge is 0.504 e. The van der Waals surface area contributed by atoms with E-state index in [0.29, 0.717) is 17.2 Å². The molecule has 76 valence electrons. The maximum absolute atomic E-state index is 9.50. The highest BCUT2D eigenvalue weighted by molar-refractivity contribution is 5.54. The van der Waals surface area contributed by atoms with Gasteiger partial charge in [0.2, 0.25) is 0 Å². The molecule has 0 aliphatic heterocycles. The first-order valence-electron chi connectivity index (χ1n) is 4.58. The van der Waals surface area contributed by atoms with Crippen molar-refractivity contribution in [2.24, 2.45) is 0 Å². The molecule has 15 heavy (non-hydrogen) atoms. The number of nitrogens with two attached hydrogens (primary N) is 1. The highest BCUT2D eigenvalue weighted by atomic mass is 16.5. The van der Waals surface area contributed by atoms with Gasteiger partial charge in [-0.1, -0.05) is 24.3 Å². The van der Waals surface area contributed by atoms with Crippen molar-refractivity contribution >= 4 is 5.69 Å². The minimum Gasteiger partial charge on any atom is -0.504 e. The van der Waals surface area contributed by atoms with Crippen LogP contribution in [0, 0.1) is 0 Å². The molecule has 0 heterocycles. The van der Waals surface area contributed by atoms with Gasteiger partial charge >= 0.3 is 0 Å². The Hall–Kier alpha value is -2.16. The monoisotopic (exact) mass is 201 g/mol. The second kappa shape index (κ2) is 3.92. The minimum absolute atomic E-state index is 0.0979. The fraction of sp³-hybridized carbons (Fsp3) is 0. The summed E-state index contributed by atoms with van der Waals surface area (Å²) in [7, 11) is 0. The van der Waals surface area contributed by atoms with E-state index in [1.165, 1.54) is 0 Å². The lowest BCUT2D eigenvalue weighted by Gasteiger charge is -2.08. The first kappa shape index (κ1) is 9.40. The first-order valence-corrected chi connectivity index (χ1v) is 4.58. The molecule has 0 saturated carbocycles. The molecule has 0 fully saturated rings. The van der Waals surface area contributed by atoms with Crippen LogP contribution in [-0.2, 0) is 0 Å². The number of para-hydroxylation sites is 4. The van der Waals surface area contributed by atoms with Crippen molar-refractivity contribution in [2.45, 2.75) is 0 Å². The Bertz CT molecular complexity index is 425. The Morgan fingerprint density at radius 1 is 0.867 bits per heavy atom. The summed E-state index contributed by atoms with van der Waals surface area (Å²) >= 11 is 0. The maximum Gasteiger partial charge on any atom is 0.169 e. The average Bonchev–Trinajstić information content (AvgIpc) is 2.24. The maximum atomic E-state index is 9.50. The van der Waals surface area contributed by atoms with Crippen molar-refractivity contribution in [1.29, 1.82) is 0 Å². The summed E-state index contributed by atoms with van der Waals surface area (Å²) in [5.74, 6) is 1.04. The van der Waals surface area contributed by atoms with E-state index in [9.17, 15) is 5.11 Å². The normalized spacial score (nSPS) is 9.87. The summed E-state index contributed by atoms with van der Waals surface area (Å²) < 4.78 is 5.46. The number of benzene rings is 2. The number of aromatic hydroxyl groups is 1. The van der Waals surface area contributed by atoms with Gasteiger partial charge in [0.15, 0.2) is 17.2 Å². The van der Waals surface area contributed by atoms with E-state index in [1.54, 1.807) is 36.4 Å². The zero-order valence-corrected chi connectivity index (χ0v) is 8.05. The number of phenolic OH excluding ortho intramolecular Hbond substituents is 1. The molecule has 0 aromatic heterocycles. The van der Waals surface area contributed by atoms with Crippen LogP contribution < -0.4 is 10.5 Å². The molecule has 0 aliphatic rings. The lowest BCUT2D eigenvalue weighted by atomic mass is 10.3. The van der Waals surface area contributed by atoms with Crippen molar-refractivity contribution in [1.82, 2.24) is 0 Å². The molecule has 0 bridgehead atoms. The fourth-order valence-corrected chi connectivity index (χ4v) is 1.24. The van der Waals surface area contributed by atoms with E-state index < -0.39 is 0 Å². The minimum atomic E-state index is 0.0979. The lowest BCUT2D eigenvalue weighted by molar-refractivity contribution is 0.412. The summed E-state index contributed by atoms with van der Waals surface area (Å²) in [6.07, 6.45) is 0. The molecule has 0 radical (unpaired) electrons. The number of rotatable bonds is 2. The Morgan fingerprint density at radius 2 is 1.47 bits per heavy atom. The van der Waals surface area contributed by atoms with Crippen LogP contribution in [0.1, 0.15) is 0 Å². The van der Waals surface area contributed by atoms with Crippen molar-refractivity contribution < 1.29 is 9.84 Å². The number of ether oxygens (including phenoxy) is 1. The molecule has 0 spiro atoms. The summed E-state index contributed by atoms with van der Waals surface area (Å²) in [5.41, 5.74) is 6.25. The molecule has 3 heteroatoms. The number of nitrogen functional groups attached to an aromatic ring is 1. The summed E-state index contributed by atoms with van der Waals surface area (Å²) in [6, 6.07) is 13.9. The number of hydrogen-bond acceptors (Lipinski definition) is 3. The molecule has 0 atom stereocenters. The lowest BCUT2D eigenvalue weighted by Crippen LogP contribution is -1.91. The van der Waals surface area contributed by atoms with Crippen molar-refractivity contribution in [3.8, 4) is 17.2 Å². The third-order valence-electron chi connectivity index (χ3n) is 2.00. The third-order valence-corrected chi connectivity index (χ3v) is 2.00. The van der Waals surface area contributed by atoms with Crippen LogP contribution >= 0.6 is 0 Å². The van der Waals surface area contributed by atoms with E-state index >= 15 is 0 Å². The summed E-state index contributed by atoms with van der Waals surface area (Å²) in [4.78, 5) is 0. The van der Waals surface area contributed by atoms with Gasteiger partial charge in [0.1, 0.15) is 0 Å². The van der Waals surface area contributed by atoms with E-state index in [1.807, 2.05) is 12.1 Å².